The molecule has 4 N–H and O–H groups in total. The van der Waals surface area contributed by atoms with E-state index >= 15 is 0 Å². The molecule has 1 aliphatic heterocycles. The summed E-state index contributed by atoms with van der Waals surface area (Å²) in [5, 5.41) is 8.14. The van der Waals surface area contributed by atoms with Crippen LogP contribution >= 0.6 is 46.3 Å². The van der Waals surface area contributed by atoms with Gasteiger partial charge in [-0.15, -0.1) is 11.3 Å². The van der Waals surface area contributed by atoms with Crippen LogP contribution in [-0.4, -0.2) is 72.2 Å². The van der Waals surface area contributed by atoms with E-state index in [9.17, 15) is 14.4 Å². The first-order chi connectivity index (χ1) is 16.3. The van der Waals surface area contributed by atoms with Gasteiger partial charge in [-0.2, -0.15) is 0 Å². The number of thioether (sulfide) groups is 1. The van der Waals surface area contributed by atoms with Crippen molar-refractivity contribution < 1.29 is 19.1 Å². The van der Waals surface area contributed by atoms with Gasteiger partial charge < -0.3 is 21.1 Å². The van der Waals surface area contributed by atoms with Crippen molar-refractivity contribution in [2.75, 3.05) is 38.5 Å². The SMILES string of the molecule is NC(=O)CCNC(=O)c1csc(SCC(=O)NC[C@H]2CN(Cc3ccc(Cl)c(Cl)c3)CCO2)n1. The Morgan fingerprint density at radius 1 is 1.26 bits per heavy atom. The molecular formula is C21H25Cl2N5O4S2. The molecular weight excluding hydrogens is 521 g/mol. The zero-order valence-corrected chi connectivity index (χ0v) is 21.4. The summed E-state index contributed by atoms with van der Waals surface area (Å²) in [6, 6.07) is 5.60. The maximum Gasteiger partial charge on any atom is 0.270 e. The lowest BCUT2D eigenvalue weighted by Gasteiger charge is -2.33. The van der Waals surface area contributed by atoms with Gasteiger partial charge >= 0.3 is 0 Å². The number of nitrogens with two attached hydrogens (primary N) is 1. The Hall–Kier alpha value is -1.89. The molecule has 1 aliphatic rings. The number of primary amides is 1. The zero-order chi connectivity index (χ0) is 24.5. The molecule has 2 aromatic rings. The average Bonchev–Trinajstić information content (AvgIpc) is 3.28. The molecule has 1 saturated heterocycles. The van der Waals surface area contributed by atoms with E-state index in [-0.39, 0.29) is 42.3 Å². The van der Waals surface area contributed by atoms with Crippen LogP contribution in [0.25, 0.3) is 0 Å². The van der Waals surface area contributed by atoms with Crippen LogP contribution in [0.5, 0.6) is 0 Å². The molecule has 0 radical (unpaired) electrons. The summed E-state index contributed by atoms with van der Waals surface area (Å²) >= 11 is 14.6. The van der Waals surface area contributed by atoms with E-state index in [2.05, 4.69) is 20.5 Å². The Kier molecular flexibility index (Phi) is 10.4. The highest BCUT2D eigenvalue weighted by Crippen LogP contribution is 2.24. The Morgan fingerprint density at radius 2 is 2.09 bits per heavy atom. The second kappa shape index (κ2) is 13.3. The zero-order valence-electron chi connectivity index (χ0n) is 18.2. The Labute approximate surface area is 215 Å². The molecule has 9 nitrogen and oxygen atoms in total. The number of rotatable bonds is 11. The van der Waals surface area contributed by atoms with Crippen molar-refractivity contribution in [3.63, 3.8) is 0 Å². The third kappa shape index (κ3) is 8.71. The Balaban J connectivity index is 1.37. The second-order valence-corrected chi connectivity index (χ2v) is 10.4. The number of carbonyl (C=O) groups excluding carboxylic acids is 3. The van der Waals surface area contributed by atoms with Gasteiger partial charge in [0.25, 0.3) is 5.91 Å². The fourth-order valence-electron chi connectivity index (χ4n) is 3.17. The molecule has 0 spiro atoms. The minimum absolute atomic E-state index is 0.0651. The summed E-state index contributed by atoms with van der Waals surface area (Å²) < 4.78 is 6.39. The highest BCUT2D eigenvalue weighted by atomic mass is 35.5. The average molecular weight is 547 g/mol. The van der Waals surface area contributed by atoms with Crippen LogP contribution in [0.4, 0.5) is 0 Å². The number of amides is 3. The minimum Gasteiger partial charge on any atom is -0.374 e. The smallest absolute Gasteiger partial charge is 0.270 e. The number of hydrogen-bond donors (Lipinski definition) is 3. The Bertz CT molecular complexity index is 1020. The largest absolute Gasteiger partial charge is 0.374 e. The predicted octanol–water partition coefficient (Wildman–Crippen LogP) is 2.16. The summed E-state index contributed by atoms with van der Waals surface area (Å²) in [6.45, 7) is 3.35. The first-order valence-corrected chi connectivity index (χ1v) is 13.1. The lowest BCUT2D eigenvalue weighted by molar-refractivity contribution is -0.120. The van der Waals surface area contributed by atoms with Crippen molar-refractivity contribution in [3.05, 3.63) is 44.9 Å². The van der Waals surface area contributed by atoms with E-state index in [1.54, 1.807) is 11.4 Å². The van der Waals surface area contributed by atoms with Crippen LogP contribution in [0.15, 0.2) is 27.9 Å². The molecule has 0 saturated carbocycles. The van der Waals surface area contributed by atoms with Crippen LogP contribution in [0.3, 0.4) is 0 Å². The highest BCUT2D eigenvalue weighted by Gasteiger charge is 2.21. The number of carbonyl (C=O) groups is 3. The first-order valence-electron chi connectivity index (χ1n) is 10.5. The highest BCUT2D eigenvalue weighted by molar-refractivity contribution is 8.01. The van der Waals surface area contributed by atoms with E-state index in [0.29, 0.717) is 34.1 Å². The molecule has 184 valence electrons. The number of nitrogens with zero attached hydrogens (tertiary/aromatic N) is 2. The van der Waals surface area contributed by atoms with Gasteiger partial charge in [0.05, 0.1) is 28.5 Å². The summed E-state index contributed by atoms with van der Waals surface area (Å²) in [6.07, 6.45) is -0.0451. The standard InChI is InChI=1S/C21H25Cl2N5O4S2/c22-15-2-1-13(7-16(15)23)9-28-5-6-32-14(10-28)8-26-19(30)12-34-21-27-17(11-33-21)20(31)25-4-3-18(24)29/h1-2,7,11,14H,3-6,8-10,12H2,(H2,24,29)(H,25,31)(H,26,30)/t14-/m0/s1. The minimum atomic E-state index is -0.487. The fraction of sp³-hybridized carbons (Fsp3) is 0.429. The molecule has 3 amide bonds. The molecule has 13 heteroatoms. The summed E-state index contributed by atoms with van der Waals surface area (Å²) in [7, 11) is 0. The van der Waals surface area contributed by atoms with E-state index < -0.39 is 5.91 Å². The van der Waals surface area contributed by atoms with E-state index in [0.717, 1.165) is 18.7 Å². The van der Waals surface area contributed by atoms with Gasteiger partial charge in [-0.25, -0.2) is 4.98 Å². The van der Waals surface area contributed by atoms with Crippen molar-refractivity contribution in [2.45, 2.75) is 23.4 Å². The number of thiazole rings is 1. The summed E-state index contributed by atoms with van der Waals surface area (Å²) in [5.74, 6) is -0.833. The molecule has 1 aromatic carbocycles. The number of hydrogen-bond acceptors (Lipinski definition) is 8. The predicted molar refractivity (Wildman–Crippen MR) is 133 cm³/mol. The van der Waals surface area contributed by atoms with E-state index in [4.69, 9.17) is 33.7 Å². The summed E-state index contributed by atoms with van der Waals surface area (Å²) in [4.78, 5) is 41.5. The molecule has 2 heterocycles. The van der Waals surface area contributed by atoms with E-state index in [1.807, 2.05) is 12.1 Å². The second-order valence-electron chi connectivity index (χ2n) is 7.54. The lowest BCUT2D eigenvalue weighted by Crippen LogP contribution is -2.47. The maximum absolute atomic E-state index is 12.3. The van der Waals surface area contributed by atoms with Crippen molar-refractivity contribution in [2.24, 2.45) is 5.73 Å². The molecule has 1 aromatic heterocycles. The Morgan fingerprint density at radius 3 is 2.85 bits per heavy atom. The lowest BCUT2D eigenvalue weighted by atomic mass is 10.2. The number of aromatic nitrogens is 1. The first kappa shape index (κ1) is 26.7. The van der Waals surface area contributed by atoms with Crippen molar-refractivity contribution in [3.8, 4) is 0 Å². The van der Waals surface area contributed by atoms with Crippen LogP contribution in [-0.2, 0) is 20.9 Å². The van der Waals surface area contributed by atoms with Gasteiger partial charge in [-0.1, -0.05) is 41.0 Å². The summed E-state index contributed by atoms with van der Waals surface area (Å²) in [5.41, 5.74) is 6.36. The van der Waals surface area contributed by atoms with Crippen molar-refractivity contribution in [1.29, 1.82) is 0 Å². The third-order valence-electron chi connectivity index (χ3n) is 4.84. The van der Waals surface area contributed by atoms with Crippen LogP contribution < -0.4 is 16.4 Å². The molecule has 1 atom stereocenters. The van der Waals surface area contributed by atoms with Gasteiger partial charge in [0.15, 0.2) is 4.34 Å². The van der Waals surface area contributed by atoms with Gasteiger partial charge in [0, 0.05) is 44.5 Å². The van der Waals surface area contributed by atoms with Gasteiger partial charge in [0.1, 0.15) is 5.69 Å². The van der Waals surface area contributed by atoms with Crippen molar-refractivity contribution in [1.82, 2.24) is 20.5 Å². The van der Waals surface area contributed by atoms with Crippen LogP contribution in [0, 0.1) is 0 Å². The van der Waals surface area contributed by atoms with Crippen LogP contribution in [0.2, 0.25) is 10.0 Å². The van der Waals surface area contributed by atoms with Gasteiger partial charge in [-0.05, 0) is 17.7 Å². The third-order valence-corrected chi connectivity index (χ3v) is 7.60. The van der Waals surface area contributed by atoms with E-state index in [1.165, 1.54) is 23.1 Å². The van der Waals surface area contributed by atoms with Gasteiger partial charge in [-0.3, -0.25) is 19.3 Å². The molecule has 3 rings (SSSR count). The van der Waals surface area contributed by atoms with Crippen molar-refractivity contribution >= 4 is 64.0 Å². The number of benzene rings is 1. The van der Waals surface area contributed by atoms with Crippen LogP contribution in [0.1, 0.15) is 22.5 Å². The normalized spacial score (nSPS) is 16.2. The fourth-order valence-corrected chi connectivity index (χ4v) is 5.12. The monoisotopic (exact) mass is 545 g/mol. The molecule has 0 unspecified atom stereocenters. The molecule has 0 bridgehead atoms. The quantitative estimate of drug-likeness (QED) is 0.369. The number of ether oxygens (including phenoxy) is 1. The molecule has 34 heavy (non-hydrogen) atoms. The number of nitrogens with one attached hydrogen (secondary N) is 2. The molecule has 0 aliphatic carbocycles. The number of morpholine rings is 1. The topological polar surface area (TPSA) is 127 Å². The number of halogens is 2. The van der Waals surface area contributed by atoms with Gasteiger partial charge in [0.2, 0.25) is 11.8 Å². The molecule has 1 fully saturated rings. The maximum atomic E-state index is 12.3.